The molecule has 0 saturated heterocycles. The Morgan fingerprint density at radius 1 is 0.875 bits per heavy atom. The van der Waals surface area contributed by atoms with E-state index in [-0.39, 0.29) is 5.91 Å². The van der Waals surface area contributed by atoms with Crippen LogP contribution in [-0.2, 0) is 9.59 Å². The van der Waals surface area contributed by atoms with Gasteiger partial charge in [0.25, 0.3) is 0 Å². The highest BCUT2D eigenvalue weighted by Crippen LogP contribution is 2.19. The molecule has 0 aliphatic carbocycles. The second-order valence-electron chi connectivity index (χ2n) is 6.81. The Labute approximate surface area is 148 Å². The lowest BCUT2D eigenvalue weighted by Gasteiger charge is -2.30. The fourth-order valence-corrected chi connectivity index (χ4v) is 2.97. The van der Waals surface area contributed by atoms with Crippen LogP contribution >= 0.6 is 0 Å². The minimum absolute atomic E-state index is 0.0845. The highest BCUT2D eigenvalue weighted by molar-refractivity contribution is 5.96. The summed E-state index contributed by atoms with van der Waals surface area (Å²) >= 11 is 0. The van der Waals surface area contributed by atoms with Crippen LogP contribution in [0.25, 0.3) is 0 Å². The molecule has 2 N–H and O–H groups in total. The summed E-state index contributed by atoms with van der Waals surface area (Å²) in [5.41, 5.74) is 5.13. The number of amides is 2. The Morgan fingerprint density at radius 3 is 1.67 bits per heavy atom. The smallest absolute Gasteiger partial charge is 0.246 e. The van der Waals surface area contributed by atoms with Gasteiger partial charge >= 0.3 is 0 Å². The van der Waals surface area contributed by atoms with E-state index in [1.165, 1.54) is 37.8 Å². The van der Waals surface area contributed by atoms with Crippen LogP contribution in [0.5, 0.6) is 0 Å². The topological polar surface area (TPSA) is 63.4 Å². The number of hydrogen-bond acceptors (Lipinski definition) is 2. The van der Waals surface area contributed by atoms with E-state index in [2.05, 4.69) is 27.7 Å². The zero-order valence-corrected chi connectivity index (χ0v) is 16.2. The zero-order valence-electron chi connectivity index (χ0n) is 16.2. The van der Waals surface area contributed by atoms with Crippen molar-refractivity contribution >= 4 is 11.8 Å². The molecule has 140 valence electrons. The van der Waals surface area contributed by atoms with Gasteiger partial charge in [-0.15, -0.1) is 0 Å². The quantitative estimate of drug-likeness (QED) is 0.480. The van der Waals surface area contributed by atoms with Crippen LogP contribution < -0.4 is 5.73 Å². The first-order valence-corrected chi connectivity index (χ1v) is 9.74. The maximum Gasteiger partial charge on any atom is 0.246 e. The third-order valence-electron chi connectivity index (χ3n) is 4.75. The number of primary amides is 1. The average molecular weight is 339 g/mol. The molecule has 0 spiro atoms. The van der Waals surface area contributed by atoms with Gasteiger partial charge in [0.2, 0.25) is 11.8 Å². The van der Waals surface area contributed by atoms with E-state index < -0.39 is 5.91 Å². The van der Waals surface area contributed by atoms with E-state index in [0.29, 0.717) is 11.8 Å². The van der Waals surface area contributed by atoms with Crippen molar-refractivity contribution < 1.29 is 9.59 Å². The van der Waals surface area contributed by atoms with Crippen molar-refractivity contribution in [1.29, 1.82) is 0 Å². The molecule has 2 amide bonds. The normalized spacial score (nSPS) is 13.8. The molecule has 0 saturated carbocycles. The van der Waals surface area contributed by atoms with Gasteiger partial charge in [0.1, 0.15) is 0 Å². The van der Waals surface area contributed by atoms with Crippen molar-refractivity contribution in [2.45, 2.75) is 79.1 Å². The van der Waals surface area contributed by atoms with E-state index in [4.69, 9.17) is 5.73 Å². The lowest BCUT2D eigenvalue weighted by Crippen LogP contribution is -2.38. The van der Waals surface area contributed by atoms with Gasteiger partial charge in [0.05, 0.1) is 0 Å². The standard InChI is InChI=1S/C20H38N2O2/c1-5-9-11-17(7-3)15-22(20(24)14-13-19(21)23)16-18(8-4)12-10-6-2/h13-14,17-18H,5-12,15-16H2,1-4H3,(H2,21,23)/b14-13-. The Hall–Kier alpha value is -1.32. The first-order chi connectivity index (χ1) is 11.5. The number of carbonyl (C=O) groups excluding carboxylic acids is 2. The molecule has 0 aromatic heterocycles. The van der Waals surface area contributed by atoms with Crippen LogP contribution in [0.3, 0.4) is 0 Å². The van der Waals surface area contributed by atoms with Gasteiger partial charge in [-0.05, 0) is 24.7 Å². The van der Waals surface area contributed by atoms with Gasteiger partial charge < -0.3 is 10.6 Å². The van der Waals surface area contributed by atoms with Crippen molar-refractivity contribution in [2.24, 2.45) is 17.6 Å². The summed E-state index contributed by atoms with van der Waals surface area (Å²) in [6.45, 7) is 10.3. The van der Waals surface area contributed by atoms with Gasteiger partial charge in [-0.25, -0.2) is 0 Å². The number of hydrogen-bond donors (Lipinski definition) is 1. The van der Waals surface area contributed by atoms with Crippen LogP contribution in [0, 0.1) is 11.8 Å². The summed E-state index contributed by atoms with van der Waals surface area (Å²) in [6, 6.07) is 0. The molecular formula is C20H38N2O2. The first-order valence-electron chi connectivity index (χ1n) is 9.74. The van der Waals surface area contributed by atoms with Gasteiger partial charge in [0.15, 0.2) is 0 Å². The maximum atomic E-state index is 12.5. The monoisotopic (exact) mass is 338 g/mol. The first kappa shape index (κ1) is 22.7. The predicted octanol–water partition coefficient (Wildman–Crippen LogP) is 4.29. The Kier molecular flexibility index (Phi) is 13.3. The highest BCUT2D eigenvalue weighted by Gasteiger charge is 2.19. The molecule has 0 aromatic carbocycles. The summed E-state index contributed by atoms with van der Waals surface area (Å²) in [5.74, 6) is 0.400. The highest BCUT2D eigenvalue weighted by atomic mass is 16.2. The molecule has 2 unspecified atom stereocenters. The van der Waals surface area contributed by atoms with E-state index in [1.807, 2.05) is 4.90 Å². The summed E-state index contributed by atoms with van der Waals surface area (Å²) < 4.78 is 0. The maximum absolute atomic E-state index is 12.5. The number of nitrogens with zero attached hydrogens (tertiary/aromatic N) is 1. The minimum atomic E-state index is -0.570. The fraction of sp³-hybridized carbons (Fsp3) is 0.800. The summed E-state index contributed by atoms with van der Waals surface area (Å²) in [5, 5.41) is 0. The summed E-state index contributed by atoms with van der Waals surface area (Å²) in [6.07, 6.45) is 11.7. The van der Waals surface area contributed by atoms with Crippen molar-refractivity contribution in [2.75, 3.05) is 13.1 Å². The van der Waals surface area contributed by atoms with Crippen molar-refractivity contribution in [1.82, 2.24) is 4.90 Å². The van der Waals surface area contributed by atoms with Crippen LogP contribution in [0.15, 0.2) is 12.2 Å². The number of carbonyl (C=O) groups is 2. The van der Waals surface area contributed by atoms with Gasteiger partial charge in [0, 0.05) is 25.2 Å². The van der Waals surface area contributed by atoms with Crippen LogP contribution in [-0.4, -0.2) is 29.8 Å². The second kappa shape index (κ2) is 14.1. The SMILES string of the molecule is CCCCC(CC)CN(CC(CC)CCCC)C(=O)/C=C\C(N)=O. The van der Waals surface area contributed by atoms with E-state index >= 15 is 0 Å². The van der Waals surface area contributed by atoms with Crippen LogP contribution in [0.4, 0.5) is 0 Å². The summed E-state index contributed by atoms with van der Waals surface area (Å²) in [7, 11) is 0. The van der Waals surface area contributed by atoms with E-state index in [0.717, 1.165) is 38.8 Å². The average Bonchev–Trinajstić information content (AvgIpc) is 2.58. The number of unbranched alkanes of at least 4 members (excludes halogenated alkanes) is 2. The van der Waals surface area contributed by atoms with Crippen LogP contribution in [0.1, 0.15) is 79.1 Å². The Balaban J connectivity index is 4.97. The van der Waals surface area contributed by atoms with Crippen molar-refractivity contribution in [3.63, 3.8) is 0 Å². The Bertz CT molecular complexity index is 362. The molecule has 0 aromatic rings. The van der Waals surface area contributed by atoms with Gasteiger partial charge in [-0.1, -0.05) is 66.2 Å². The lowest BCUT2D eigenvalue weighted by molar-refractivity contribution is -0.127. The van der Waals surface area contributed by atoms with Crippen LogP contribution in [0.2, 0.25) is 0 Å². The molecule has 0 fully saturated rings. The third-order valence-corrected chi connectivity index (χ3v) is 4.75. The lowest BCUT2D eigenvalue weighted by atomic mass is 9.95. The largest absolute Gasteiger partial charge is 0.366 e. The number of nitrogens with two attached hydrogens (primary N) is 1. The summed E-state index contributed by atoms with van der Waals surface area (Å²) in [4.78, 5) is 25.4. The molecule has 0 radical (unpaired) electrons. The second-order valence-corrected chi connectivity index (χ2v) is 6.81. The van der Waals surface area contributed by atoms with Gasteiger partial charge in [-0.2, -0.15) is 0 Å². The predicted molar refractivity (Wildman–Crippen MR) is 102 cm³/mol. The molecule has 0 heterocycles. The molecule has 2 atom stereocenters. The molecular weight excluding hydrogens is 300 g/mol. The molecule has 0 bridgehead atoms. The van der Waals surface area contributed by atoms with Gasteiger partial charge in [-0.3, -0.25) is 9.59 Å². The molecule has 4 nitrogen and oxygen atoms in total. The third kappa shape index (κ3) is 10.5. The zero-order chi connectivity index (χ0) is 18.4. The molecule has 0 aliphatic heterocycles. The molecule has 24 heavy (non-hydrogen) atoms. The molecule has 0 aliphatic rings. The molecule has 4 heteroatoms. The van der Waals surface area contributed by atoms with E-state index in [1.54, 1.807) is 0 Å². The number of rotatable bonds is 14. The van der Waals surface area contributed by atoms with Crippen molar-refractivity contribution in [3.8, 4) is 0 Å². The fourth-order valence-electron chi connectivity index (χ4n) is 2.97. The van der Waals surface area contributed by atoms with E-state index in [9.17, 15) is 9.59 Å². The molecule has 0 rings (SSSR count). The van der Waals surface area contributed by atoms with Crippen molar-refractivity contribution in [3.05, 3.63) is 12.2 Å². The Morgan fingerprint density at radius 2 is 1.33 bits per heavy atom. The minimum Gasteiger partial charge on any atom is -0.366 e.